The maximum Gasteiger partial charge on any atom is 0.265 e. The van der Waals surface area contributed by atoms with E-state index in [2.05, 4.69) is 4.98 Å². The normalized spacial score (nSPS) is 14.8. The number of hydrogen-bond donors (Lipinski definition) is 0. The molecule has 104 valence electrons. The van der Waals surface area contributed by atoms with Gasteiger partial charge in [0.1, 0.15) is 15.7 Å². The molecule has 1 aromatic carbocycles. The molecule has 0 N–H and O–H groups in total. The largest absolute Gasteiger partial charge is 0.338 e. The molecule has 0 unspecified atom stereocenters. The molecular weight excluding hydrogens is 275 g/mol. The van der Waals surface area contributed by atoms with Gasteiger partial charge in [-0.1, -0.05) is 12.1 Å². The molecule has 0 spiro atoms. The summed E-state index contributed by atoms with van der Waals surface area (Å²) in [6.07, 6.45) is 2.14. The molecular formula is C15H15FN2OS. The van der Waals surface area contributed by atoms with Crippen LogP contribution in [-0.2, 0) is 0 Å². The minimum Gasteiger partial charge on any atom is -0.338 e. The molecule has 5 heteroatoms. The minimum absolute atomic E-state index is 0.0557. The molecule has 1 aromatic heterocycles. The van der Waals surface area contributed by atoms with Crippen molar-refractivity contribution >= 4 is 17.2 Å². The number of nitrogens with zero attached hydrogens (tertiary/aromatic N) is 2. The number of halogens is 1. The van der Waals surface area contributed by atoms with Crippen molar-refractivity contribution in [3.63, 3.8) is 0 Å². The number of benzene rings is 1. The van der Waals surface area contributed by atoms with Crippen LogP contribution in [0.5, 0.6) is 0 Å². The molecule has 3 rings (SSSR count). The summed E-state index contributed by atoms with van der Waals surface area (Å²) >= 11 is 1.35. The Morgan fingerprint density at radius 3 is 2.80 bits per heavy atom. The molecule has 0 bridgehead atoms. The molecule has 2 aromatic rings. The van der Waals surface area contributed by atoms with Gasteiger partial charge in [0.2, 0.25) is 0 Å². The first-order valence-electron chi connectivity index (χ1n) is 6.68. The molecule has 20 heavy (non-hydrogen) atoms. The van der Waals surface area contributed by atoms with Gasteiger partial charge >= 0.3 is 0 Å². The summed E-state index contributed by atoms with van der Waals surface area (Å²) in [6.45, 7) is 3.49. The second-order valence-corrected chi connectivity index (χ2v) is 5.94. The third-order valence-corrected chi connectivity index (χ3v) is 4.65. The maximum atomic E-state index is 13.3. The predicted molar refractivity (Wildman–Crippen MR) is 77.4 cm³/mol. The fraction of sp³-hybridized carbons (Fsp3) is 0.333. The number of likely N-dealkylation sites (tertiary alicyclic amines) is 1. The summed E-state index contributed by atoms with van der Waals surface area (Å²) in [5.74, 6) is -0.233. The van der Waals surface area contributed by atoms with E-state index in [4.69, 9.17) is 0 Å². The van der Waals surface area contributed by atoms with Crippen molar-refractivity contribution in [3.05, 3.63) is 40.7 Å². The van der Waals surface area contributed by atoms with Gasteiger partial charge in [-0.05, 0) is 31.9 Å². The van der Waals surface area contributed by atoms with Crippen molar-refractivity contribution in [3.8, 4) is 10.6 Å². The van der Waals surface area contributed by atoms with Crippen molar-refractivity contribution in [1.82, 2.24) is 9.88 Å². The van der Waals surface area contributed by atoms with Crippen LogP contribution in [0.3, 0.4) is 0 Å². The van der Waals surface area contributed by atoms with Gasteiger partial charge in [0.05, 0.1) is 5.69 Å². The van der Waals surface area contributed by atoms with Gasteiger partial charge in [-0.2, -0.15) is 0 Å². The molecule has 0 saturated carbocycles. The molecule has 1 amide bonds. The lowest BCUT2D eigenvalue weighted by atomic mass is 10.2. The van der Waals surface area contributed by atoms with Crippen LogP contribution in [0.15, 0.2) is 24.3 Å². The Balaban J connectivity index is 1.92. The average Bonchev–Trinajstić information content (AvgIpc) is 3.07. The summed E-state index contributed by atoms with van der Waals surface area (Å²) in [5, 5.41) is 0.699. The van der Waals surface area contributed by atoms with Crippen molar-refractivity contribution in [2.24, 2.45) is 0 Å². The van der Waals surface area contributed by atoms with E-state index in [-0.39, 0.29) is 11.7 Å². The quantitative estimate of drug-likeness (QED) is 0.848. The van der Waals surface area contributed by atoms with Crippen molar-refractivity contribution in [2.45, 2.75) is 19.8 Å². The number of carbonyl (C=O) groups is 1. The fourth-order valence-corrected chi connectivity index (χ4v) is 3.43. The molecule has 0 aliphatic carbocycles. The van der Waals surface area contributed by atoms with Crippen LogP contribution in [0.25, 0.3) is 10.6 Å². The second kappa shape index (κ2) is 5.32. The zero-order valence-corrected chi connectivity index (χ0v) is 12.0. The first kappa shape index (κ1) is 13.2. The van der Waals surface area contributed by atoms with Crippen LogP contribution in [0, 0.1) is 12.7 Å². The number of rotatable bonds is 2. The van der Waals surface area contributed by atoms with E-state index in [0.717, 1.165) is 37.2 Å². The Hall–Kier alpha value is -1.75. The lowest BCUT2D eigenvalue weighted by molar-refractivity contribution is 0.0796. The topological polar surface area (TPSA) is 33.2 Å². The Kier molecular flexibility index (Phi) is 3.53. The number of hydrogen-bond acceptors (Lipinski definition) is 3. The highest BCUT2D eigenvalue weighted by Gasteiger charge is 2.24. The molecule has 3 nitrogen and oxygen atoms in total. The summed E-state index contributed by atoms with van der Waals surface area (Å²) in [6, 6.07) is 6.32. The summed E-state index contributed by atoms with van der Waals surface area (Å²) < 4.78 is 13.3. The van der Waals surface area contributed by atoms with E-state index in [1.807, 2.05) is 17.9 Å². The number of thiazole rings is 1. The number of amides is 1. The van der Waals surface area contributed by atoms with Gasteiger partial charge in [0.25, 0.3) is 5.91 Å². The SMILES string of the molecule is Cc1nc(-c2cccc(F)c2)sc1C(=O)N1CCCC1. The third kappa shape index (κ3) is 2.45. The van der Waals surface area contributed by atoms with E-state index in [0.29, 0.717) is 9.88 Å². The molecule has 0 atom stereocenters. The van der Waals surface area contributed by atoms with E-state index in [1.165, 1.54) is 23.5 Å². The maximum absolute atomic E-state index is 13.3. The molecule has 1 aliphatic heterocycles. The molecule has 1 fully saturated rings. The monoisotopic (exact) mass is 290 g/mol. The minimum atomic E-state index is -0.289. The van der Waals surface area contributed by atoms with Crippen LogP contribution in [0.4, 0.5) is 4.39 Å². The van der Waals surface area contributed by atoms with Crippen molar-refractivity contribution in [2.75, 3.05) is 13.1 Å². The van der Waals surface area contributed by atoms with E-state index in [1.54, 1.807) is 6.07 Å². The van der Waals surface area contributed by atoms with Crippen LogP contribution >= 0.6 is 11.3 Å². The average molecular weight is 290 g/mol. The second-order valence-electron chi connectivity index (χ2n) is 4.94. The van der Waals surface area contributed by atoms with Gasteiger partial charge in [0.15, 0.2) is 0 Å². The lowest BCUT2D eigenvalue weighted by Gasteiger charge is -2.13. The van der Waals surface area contributed by atoms with Crippen LogP contribution in [0.2, 0.25) is 0 Å². The number of aromatic nitrogens is 1. The molecule has 2 heterocycles. The lowest BCUT2D eigenvalue weighted by Crippen LogP contribution is -2.27. The van der Waals surface area contributed by atoms with Gasteiger partial charge in [-0.15, -0.1) is 11.3 Å². The fourth-order valence-electron chi connectivity index (χ4n) is 2.40. The third-order valence-electron chi connectivity index (χ3n) is 3.46. The van der Waals surface area contributed by atoms with Crippen LogP contribution in [-0.4, -0.2) is 28.9 Å². The zero-order valence-electron chi connectivity index (χ0n) is 11.2. The predicted octanol–water partition coefficient (Wildman–Crippen LogP) is 3.49. The highest BCUT2D eigenvalue weighted by Crippen LogP contribution is 2.29. The van der Waals surface area contributed by atoms with E-state index < -0.39 is 0 Å². The first-order chi connectivity index (χ1) is 9.65. The van der Waals surface area contributed by atoms with Gasteiger partial charge in [0, 0.05) is 18.7 Å². The first-order valence-corrected chi connectivity index (χ1v) is 7.49. The van der Waals surface area contributed by atoms with E-state index >= 15 is 0 Å². The highest BCUT2D eigenvalue weighted by atomic mass is 32.1. The van der Waals surface area contributed by atoms with Gasteiger partial charge < -0.3 is 4.90 Å². The van der Waals surface area contributed by atoms with Crippen LogP contribution < -0.4 is 0 Å². The smallest absolute Gasteiger partial charge is 0.265 e. The number of aryl methyl sites for hydroxylation is 1. The number of carbonyl (C=O) groups excluding carboxylic acids is 1. The summed E-state index contributed by atoms with van der Waals surface area (Å²) in [7, 11) is 0. The van der Waals surface area contributed by atoms with Crippen molar-refractivity contribution in [1.29, 1.82) is 0 Å². The Labute approximate surface area is 121 Å². The standard InChI is InChI=1S/C15H15FN2OS/c1-10-13(15(19)18-7-2-3-8-18)20-14(17-10)11-5-4-6-12(16)9-11/h4-6,9H,2-3,7-8H2,1H3. The summed E-state index contributed by atoms with van der Waals surface area (Å²) in [5.41, 5.74) is 1.45. The van der Waals surface area contributed by atoms with Crippen molar-refractivity contribution < 1.29 is 9.18 Å². The Morgan fingerprint density at radius 1 is 1.35 bits per heavy atom. The van der Waals surface area contributed by atoms with Gasteiger partial charge in [-0.25, -0.2) is 9.37 Å². The van der Waals surface area contributed by atoms with Crippen LogP contribution in [0.1, 0.15) is 28.2 Å². The zero-order chi connectivity index (χ0) is 14.1. The van der Waals surface area contributed by atoms with Gasteiger partial charge in [-0.3, -0.25) is 4.79 Å². The molecule has 1 aliphatic rings. The highest BCUT2D eigenvalue weighted by molar-refractivity contribution is 7.17. The molecule has 1 saturated heterocycles. The molecule has 0 radical (unpaired) electrons. The summed E-state index contributed by atoms with van der Waals surface area (Å²) in [4.78, 5) is 19.4. The van der Waals surface area contributed by atoms with E-state index in [9.17, 15) is 9.18 Å². The Morgan fingerprint density at radius 2 is 2.10 bits per heavy atom. The Bertz CT molecular complexity index is 647.